The normalized spacial score (nSPS) is 14.1. The fourth-order valence-electron chi connectivity index (χ4n) is 2.38. The van der Waals surface area contributed by atoms with Gasteiger partial charge in [0.1, 0.15) is 11.3 Å². The van der Waals surface area contributed by atoms with Crippen molar-refractivity contribution in [1.82, 2.24) is 5.32 Å². The molecule has 0 amide bonds. The Balaban J connectivity index is 0.00000120. The lowest BCUT2D eigenvalue weighted by atomic mass is 9.97. The molecule has 3 rings (SSSR count). The number of aromatic hydroxyl groups is 1. The zero-order valence-corrected chi connectivity index (χ0v) is 9.54. The number of nitrogens with one attached hydrogen (secondary N) is 1. The number of phenolic OH excluding ortho intramolecular Hbond substituents is 1. The van der Waals surface area contributed by atoms with Gasteiger partial charge in [-0.3, -0.25) is 0 Å². The fourth-order valence-corrected chi connectivity index (χ4v) is 2.38. The van der Waals surface area contributed by atoms with Gasteiger partial charge in [0.15, 0.2) is 0 Å². The Labute approximate surface area is 105 Å². The van der Waals surface area contributed by atoms with E-state index in [-0.39, 0.29) is 18.8 Å². The van der Waals surface area contributed by atoms with Crippen LogP contribution in [0.15, 0.2) is 21.3 Å². The summed E-state index contributed by atoms with van der Waals surface area (Å²) in [6.07, 6.45) is 0.821. The van der Waals surface area contributed by atoms with Gasteiger partial charge in [0.25, 0.3) is 0 Å². The second-order valence-electron chi connectivity index (χ2n) is 4.36. The summed E-state index contributed by atoms with van der Waals surface area (Å²) >= 11 is 0. The van der Waals surface area contributed by atoms with Gasteiger partial charge in [-0.1, -0.05) is 7.43 Å². The highest BCUT2D eigenvalue weighted by molar-refractivity contribution is 5.85. The maximum absolute atomic E-state index is 11.9. The van der Waals surface area contributed by atoms with E-state index < -0.39 is 0 Å². The van der Waals surface area contributed by atoms with Crippen molar-refractivity contribution in [1.29, 1.82) is 0 Å². The van der Waals surface area contributed by atoms with E-state index in [1.165, 1.54) is 0 Å². The molecule has 0 spiro atoms. The van der Waals surface area contributed by atoms with Crippen molar-refractivity contribution >= 4 is 11.0 Å². The van der Waals surface area contributed by atoms with Crippen molar-refractivity contribution in [3.05, 3.63) is 39.2 Å². The highest BCUT2D eigenvalue weighted by Crippen LogP contribution is 2.29. The summed E-state index contributed by atoms with van der Waals surface area (Å²) in [5.41, 5.74) is 2.61. The van der Waals surface area contributed by atoms with Crippen LogP contribution in [0.5, 0.6) is 5.75 Å². The van der Waals surface area contributed by atoms with Crippen LogP contribution in [0.4, 0.5) is 0 Å². The average molecular weight is 247 g/mol. The standard InChI is InChI=1S/C13H13NO3.CH4/c1-7-11(15)3-2-9-8-4-5-14-6-10(8)13(16)17-12(7)9;/h2-3,14-15H,4-6H2,1H3;1H4. The summed E-state index contributed by atoms with van der Waals surface area (Å²) in [4.78, 5) is 11.9. The first-order valence-corrected chi connectivity index (χ1v) is 5.66. The largest absolute Gasteiger partial charge is 0.508 e. The predicted octanol–water partition coefficient (Wildman–Crippen LogP) is 2.09. The Bertz CT molecular complexity index is 658. The second-order valence-corrected chi connectivity index (χ2v) is 4.36. The zero-order valence-electron chi connectivity index (χ0n) is 9.54. The molecular weight excluding hydrogens is 230 g/mol. The Hall–Kier alpha value is -1.81. The third kappa shape index (κ3) is 1.69. The van der Waals surface area contributed by atoms with E-state index in [0.29, 0.717) is 23.3 Å². The molecule has 1 aromatic carbocycles. The molecule has 18 heavy (non-hydrogen) atoms. The van der Waals surface area contributed by atoms with Crippen molar-refractivity contribution in [3.63, 3.8) is 0 Å². The van der Waals surface area contributed by atoms with E-state index in [4.69, 9.17) is 4.42 Å². The van der Waals surface area contributed by atoms with Crippen molar-refractivity contribution in [2.75, 3.05) is 6.54 Å². The predicted molar refractivity (Wildman–Crippen MR) is 71.0 cm³/mol. The number of hydrogen-bond donors (Lipinski definition) is 2. The highest BCUT2D eigenvalue weighted by Gasteiger charge is 2.19. The monoisotopic (exact) mass is 247 g/mol. The molecule has 2 heterocycles. The van der Waals surface area contributed by atoms with Gasteiger partial charge in [-0.2, -0.15) is 0 Å². The summed E-state index contributed by atoms with van der Waals surface area (Å²) in [5.74, 6) is 0.162. The molecule has 4 heteroatoms. The minimum absolute atomic E-state index is 0. The van der Waals surface area contributed by atoms with Crippen LogP contribution in [0.2, 0.25) is 0 Å². The lowest BCUT2D eigenvalue weighted by Gasteiger charge is -2.17. The molecule has 2 N–H and O–H groups in total. The quantitative estimate of drug-likeness (QED) is 0.700. The molecule has 0 fully saturated rings. The Morgan fingerprint density at radius 2 is 2.11 bits per heavy atom. The van der Waals surface area contributed by atoms with Gasteiger partial charge in [0.2, 0.25) is 0 Å². The summed E-state index contributed by atoms with van der Waals surface area (Å²) in [6, 6.07) is 3.48. The molecule has 0 saturated carbocycles. The third-order valence-electron chi connectivity index (χ3n) is 3.36. The molecular formula is C14H17NO3. The van der Waals surface area contributed by atoms with Crippen LogP contribution in [-0.4, -0.2) is 11.7 Å². The highest BCUT2D eigenvalue weighted by atomic mass is 16.4. The molecule has 1 aliphatic rings. The molecule has 0 saturated heterocycles. The molecule has 1 aliphatic heterocycles. The van der Waals surface area contributed by atoms with Crippen LogP contribution in [-0.2, 0) is 13.0 Å². The maximum Gasteiger partial charge on any atom is 0.341 e. The molecule has 0 radical (unpaired) electrons. The Kier molecular flexibility index (Phi) is 3.13. The second kappa shape index (κ2) is 4.46. The van der Waals surface area contributed by atoms with Gasteiger partial charge in [0, 0.05) is 17.5 Å². The number of aryl methyl sites for hydroxylation is 1. The van der Waals surface area contributed by atoms with Crippen molar-refractivity contribution < 1.29 is 9.52 Å². The van der Waals surface area contributed by atoms with E-state index in [0.717, 1.165) is 23.9 Å². The number of phenols is 1. The number of benzene rings is 1. The smallest absolute Gasteiger partial charge is 0.341 e. The van der Waals surface area contributed by atoms with E-state index >= 15 is 0 Å². The van der Waals surface area contributed by atoms with Crippen molar-refractivity contribution in [2.24, 2.45) is 0 Å². The molecule has 4 nitrogen and oxygen atoms in total. The summed E-state index contributed by atoms with van der Waals surface area (Å²) in [7, 11) is 0. The lowest BCUT2D eigenvalue weighted by Crippen LogP contribution is -2.29. The molecule has 96 valence electrons. The van der Waals surface area contributed by atoms with Gasteiger partial charge in [-0.25, -0.2) is 4.79 Å². The van der Waals surface area contributed by atoms with Gasteiger partial charge in [-0.15, -0.1) is 0 Å². The summed E-state index contributed by atoms with van der Waals surface area (Å²) in [5, 5.41) is 13.7. The number of fused-ring (bicyclic) bond motifs is 3. The van der Waals surface area contributed by atoms with Crippen LogP contribution in [0.1, 0.15) is 24.1 Å². The van der Waals surface area contributed by atoms with Crippen molar-refractivity contribution in [2.45, 2.75) is 27.3 Å². The average Bonchev–Trinajstić information content (AvgIpc) is 2.35. The number of hydrogen-bond acceptors (Lipinski definition) is 4. The van der Waals surface area contributed by atoms with Gasteiger partial charge in [-0.05, 0) is 37.6 Å². The topological polar surface area (TPSA) is 62.5 Å². The molecule has 0 atom stereocenters. The minimum atomic E-state index is -0.298. The Morgan fingerprint density at radius 1 is 1.33 bits per heavy atom. The summed E-state index contributed by atoms with van der Waals surface area (Å²) < 4.78 is 5.32. The van der Waals surface area contributed by atoms with E-state index in [1.54, 1.807) is 13.0 Å². The number of rotatable bonds is 0. The van der Waals surface area contributed by atoms with Crippen LogP contribution < -0.4 is 10.9 Å². The van der Waals surface area contributed by atoms with Crippen LogP contribution >= 0.6 is 0 Å². The molecule has 0 aliphatic carbocycles. The summed E-state index contributed by atoms with van der Waals surface area (Å²) in [6.45, 7) is 3.19. The van der Waals surface area contributed by atoms with Gasteiger partial charge in [0.05, 0.1) is 5.56 Å². The van der Waals surface area contributed by atoms with E-state index in [2.05, 4.69) is 5.32 Å². The SMILES string of the molecule is C.Cc1c(O)ccc2c3c(c(=O)oc12)CNCC3. The zero-order chi connectivity index (χ0) is 12.0. The fraction of sp³-hybridized carbons (Fsp3) is 0.357. The van der Waals surface area contributed by atoms with Gasteiger partial charge >= 0.3 is 5.63 Å². The molecule has 0 bridgehead atoms. The first-order chi connectivity index (χ1) is 8.18. The van der Waals surface area contributed by atoms with Gasteiger partial charge < -0.3 is 14.8 Å². The first kappa shape index (κ1) is 12.6. The lowest BCUT2D eigenvalue weighted by molar-refractivity contribution is 0.467. The van der Waals surface area contributed by atoms with Crippen molar-refractivity contribution in [3.8, 4) is 5.75 Å². The maximum atomic E-state index is 11.9. The minimum Gasteiger partial charge on any atom is -0.508 e. The van der Waals surface area contributed by atoms with Crippen LogP contribution in [0.3, 0.4) is 0 Å². The third-order valence-corrected chi connectivity index (χ3v) is 3.36. The van der Waals surface area contributed by atoms with E-state index in [1.807, 2.05) is 6.07 Å². The molecule has 2 aromatic rings. The van der Waals surface area contributed by atoms with E-state index in [9.17, 15) is 9.90 Å². The molecule has 0 unspecified atom stereocenters. The molecule has 1 aromatic heterocycles. The Morgan fingerprint density at radius 3 is 2.89 bits per heavy atom. The van der Waals surface area contributed by atoms with Crippen LogP contribution in [0.25, 0.3) is 11.0 Å². The van der Waals surface area contributed by atoms with Crippen LogP contribution in [0, 0.1) is 6.92 Å². The first-order valence-electron chi connectivity index (χ1n) is 5.66.